The Morgan fingerprint density at radius 3 is 2.61 bits per heavy atom. The van der Waals surface area contributed by atoms with Crippen LogP contribution in [0.1, 0.15) is 12.8 Å². The van der Waals surface area contributed by atoms with Gasteiger partial charge in [0.15, 0.2) is 0 Å². The lowest BCUT2D eigenvalue weighted by Gasteiger charge is -2.45. The second-order valence-electron chi connectivity index (χ2n) is 5.83. The van der Waals surface area contributed by atoms with Crippen molar-refractivity contribution in [1.82, 2.24) is 4.90 Å². The molecule has 1 unspecified atom stereocenters. The molecule has 18 heavy (non-hydrogen) atoms. The van der Waals surface area contributed by atoms with Gasteiger partial charge in [-0.1, -0.05) is 6.07 Å². The predicted molar refractivity (Wildman–Crippen MR) is 77.3 cm³/mol. The second kappa shape index (κ2) is 4.81. The van der Waals surface area contributed by atoms with Gasteiger partial charge in [-0.05, 0) is 50.0 Å². The van der Waals surface area contributed by atoms with E-state index in [9.17, 15) is 0 Å². The molecular formula is C15H23N3. The van der Waals surface area contributed by atoms with Crippen molar-refractivity contribution in [3.8, 4) is 0 Å². The van der Waals surface area contributed by atoms with E-state index in [1.54, 1.807) is 0 Å². The van der Waals surface area contributed by atoms with E-state index in [0.29, 0.717) is 6.04 Å². The van der Waals surface area contributed by atoms with Crippen LogP contribution in [-0.4, -0.2) is 44.7 Å². The van der Waals surface area contributed by atoms with Crippen molar-refractivity contribution >= 4 is 11.4 Å². The lowest BCUT2D eigenvalue weighted by Crippen LogP contribution is -2.53. The van der Waals surface area contributed by atoms with Gasteiger partial charge < -0.3 is 15.1 Å². The highest BCUT2D eigenvalue weighted by atomic mass is 15.2. The fourth-order valence-electron chi connectivity index (χ4n) is 3.22. The maximum absolute atomic E-state index is 3.74. The maximum Gasteiger partial charge on any atom is 0.0417 e. The molecule has 3 nitrogen and oxygen atoms in total. The van der Waals surface area contributed by atoms with E-state index in [2.05, 4.69) is 53.5 Å². The van der Waals surface area contributed by atoms with Gasteiger partial charge in [-0.2, -0.15) is 0 Å². The molecule has 0 aliphatic carbocycles. The lowest BCUT2D eigenvalue weighted by molar-refractivity contribution is 0.0975. The molecule has 3 saturated heterocycles. The smallest absolute Gasteiger partial charge is 0.0417 e. The molecule has 1 aromatic carbocycles. The standard InChI is InChI=1S/C15H23N3/c1-17(2)14-5-3-4-13(10-14)16-15-11-18-8-6-12(15)7-9-18/h3-5,10,12,15-16H,6-9,11H2,1-2H3. The molecule has 0 amide bonds. The molecule has 4 rings (SSSR count). The van der Waals surface area contributed by atoms with Crippen LogP contribution in [0.3, 0.4) is 0 Å². The van der Waals surface area contributed by atoms with Crippen molar-refractivity contribution in [3.05, 3.63) is 24.3 Å². The number of nitrogens with zero attached hydrogens (tertiary/aromatic N) is 2. The average molecular weight is 245 g/mol. The molecule has 0 spiro atoms. The highest BCUT2D eigenvalue weighted by Crippen LogP contribution is 2.30. The van der Waals surface area contributed by atoms with Crippen molar-refractivity contribution < 1.29 is 0 Å². The van der Waals surface area contributed by atoms with Gasteiger partial charge in [0, 0.05) is 38.1 Å². The zero-order valence-electron chi connectivity index (χ0n) is 11.4. The largest absolute Gasteiger partial charge is 0.381 e. The minimum Gasteiger partial charge on any atom is -0.381 e. The minimum absolute atomic E-state index is 0.643. The van der Waals surface area contributed by atoms with E-state index < -0.39 is 0 Å². The third kappa shape index (κ3) is 2.32. The van der Waals surface area contributed by atoms with Crippen LogP contribution in [0, 0.1) is 5.92 Å². The number of rotatable bonds is 3. The van der Waals surface area contributed by atoms with E-state index in [4.69, 9.17) is 0 Å². The summed E-state index contributed by atoms with van der Waals surface area (Å²) in [5.74, 6) is 0.873. The Morgan fingerprint density at radius 1 is 1.22 bits per heavy atom. The van der Waals surface area contributed by atoms with Gasteiger partial charge in [-0.15, -0.1) is 0 Å². The summed E-state index contributed by atoms with van der Waals surface area (Å²) in [4.78, 5) is 4.75. The zero-order chi connectivity index (χ0) is 12.5. The number of anilines is 2. The lowest BCUT2D eigenvalue weighted by atomic mass is 9.84. The Balaban J connectivity index is 1.71. The number of fused-ring (bicyclic) bond motifs is 3. The zero-order valence-corrected chi connectivity index (χ0v) is 11.4. The number of hydrogen-bond donors (Lipinski definition) is 1. The van der Waals surface area contributed by atoms with Crippen LogP contribution in [0.4, 0.5) is 11.4 Å². The summed E-state index contributed by atoms with van der Waals surface area (Å²) in [6.07, 6.45) is 2.73. The van der Waals surface area contributed by atoms with E-state index in [1.807, 2.05) is 0 Å². The predicted octanol–water partition coefficient (Wildman–Crippen LogP) is 2.26. The summed E-state index contributed by atoms with van der Waals surface area (Å²) in [6.45, 7) is 3.83. The van der Waals surface area contributed by atoms with Crippen LogP contribution in [0.2, 0.25) is 0 Å². The third-order valence-corrected chi connectivity index (χ3v) is 4.37. The molecule has 3 aliphatic rings. The van der Waals surface area contributed by atoms with Crippen molar-refractivity contribution in [2.24, 2.45) is 5.92 Å². The Morgan fingerprint density at radius 2 is 2.00 bits per heavy atom. The van der Waals surface area contributed by atoms with Gasteiger partial charge >= 0.3 is 0 Å². The van der Waals surface area contributed by atoms with Gasteiger partial charge in [-0.3, -0.25) is 0 Å². The van der Waals surface area contributed by atoms with Crippen LogP contribution in [0.25, 0.3) is 0 Å². The molecule has 98 valence electrons. The number of hydrogen-bond acceptors (Lipinski definition) is 3. The van der Waals surface area contributed by atoms with Crippen LogP contribution in [0.15, 0.2) is 24.3 Å². The summed E-state index contributed by atoms with van der Waals surface area (Å²) in [5, 5.41) is 3.74. The first-order valence-corrected chi connectivity index (χ1v) is 6.98. The number of nitrogens with one attached hydrogen (secondary N) is 1. The van der Waals surface area contributed by atoms with Crippen molar-refractivity contribution in [1.29, 1.82) is 0 Å². The fourth-order valence-corrected chi connectivity index (χ4v) is 3.22. The Labute approximate surface area is 110 Å². The molecule has 0 saturated carbocycles. The van der Waals surface area contributed by atoms with Crippen LogP contribution in [-0.2, 0) is 0 Å². The van der Waals surface area contributed by atoms with Crippen LogP contribution < -0.4 is 10.2 Å². The first kappa shape index (κ1) is 11.8. The van der Waals surface area contributed by atoms with Crippen molar-refractivity contribution in [2.45, 2.75) is 18.9 Å². The Bertz CT molecular complexity index is 408. The van der Waals surface area contributed by atoms with Gasteiger partial charge in [0.25, 0.3) is 0 Å². The highest BCUT2D eigenvalue weighted by molar-refractivity contribution is 5.57. The SMILES string of the molecule is CN(C)c1cccc(NC2CN3CCC2CC3)c1. The van der Waals surface area contributed by atoms with E-state index in [-0.39, 0.29) is 0 Å². The number of benzene rings is 1. The molecule has 0 aromatic heterocycles. The molecule has 3 aliphatic heterocycles. The molecule has 0 radical (unpaired) electrons. The fraction of sp³-hybridized carbons (Fsp3) is 0.600. The van der Waals surface area contributed by atoms with E-state index >= 15 is 0 Å². The molecule has 1 aromatic rings. The summed E-state index contributed by atoms with van der Waals surface area (Å²) >= 11 is 0. The number of piperidine rings is 3. The van der Waals surface area contributed by atoms with Gasteiger partial charge in [0.2, 0.25) is 0 Å². The van der Waals surface area contributed by atoms with Gasteiger partial charge in [-0.25, -0.2) is 0 Å². The monoisotopic (exact) mass is 245 g/mol. The minimum atomic E-state index is 0.643. The average Bonchev–Trinajstić information content (AvgIpc) is 2.40. The molecule has 1 N–H and O–H groups in total. The molecule has 3 fully saturated rings. The Kier molecular flexibility index (Phi) is 3.16. The Hall–Kier alpha value is -1.22. The first-order chi connectivity index (χ1) is 8.72. The topological polar surface area (TPSA) is 18.5 Å². The normalized spacial score (nSPS) is 30.2. The van der Waals surface area contributed by atoms with Crippen LogP contribution >= 0.6 is 0 Å². The second-order valence-corrected chi connectivity index (χ2v) is 5.83. The molecule has 1 atom stereocenters. The van der Waals surface area contributed by atoms with Gasteiger partial charge in [0.1, 0.15) is 0 Å². The van der Waals surface area contributed by atoms with E-state index in [1.165, 1.54) is 43.9 Å². The molecule has 3 heteroatoms. The molecular weight excluding hydrogens is 222 g/mol. The highest BCUT2D eigenvalue weighted by Gasteiger charge is 2.33. The maximum atomic E-state index is 3.74. The van der Waals surface area contributed by atoms with E-state index in [0.717, 1.165) is 5.92 Å². The third-order valence-electron chi connectivity index (χ3n) is 4.37. The molecule has 3 heterocycles. The quantitative estimate of drug-likeness (QED) is 0.881. The summed E-state index contributed by atoms with van der Waals surface area (Å²) in [5.41, 5.74) is 2.53. The van der Waals surface area contributed by atoms with Crippen molar-refractivity contribution in [2.75, 3.05) is 43.9 Å². The summed E-state index contributed by atoms with van der Waals surface area (Å²) in [7, 11) is 4.18. The summed E-state index contributed by atoms with van der Waals surface area (Å²) < 4.78 is 0. The van der Waals surface area contributed by atoms with Crippen LogP contribution in [0.5, 0.6) is 0 Å². The van der Waals surface area contributed by atoms with Gasteiger partial charge in [0.05, 0.1) is 0 Å². The van der Waals surface area contributed by atoms with Crippen molar-refractivity contribution in [3.63, 3.8) is 0 Å². The molecule has 2 bridgehead atoms. The first-order valence-electron chi connectivity index (χ1n) is 6.98. The summed E-state index contributed by atoms with van der Waals surface area (Å²) in [6, 6.07) is 9.37.